The normalized spacial score (nSPS) is 12.3. The van der Waals surface area contributed by atoms with E-state index in [2.05, 4.69) is 26.1 Å². The number of nitrogens with two attached hydrogens (primary N) is 1. The molecular weight excluding hydrogens is 330 g/mol. The summed E-state index contributed by atoms with van der Waals surface area (Å²) in [5.74, 6) is 1.06. The number of aromatic nitrogens is 2. The molecule has 1 unspecified atom stereocenters. The second kappa shape index (κ2) is 6.20. The van der Waals surface area contributed by atoms with E-state index in [1.165, 1.54) is 0 Å². The highest BCUT2D eigenvalue weighted by molar-refractivity contribution is 9.10. The van der Waals surface area contributed by atoms with Crippen LogP contribution in [0.25, 0.3) is 0 Å². The van der Waals surface area contributed by atoms with Crippen LogP contribution >= 0.6 is 15.9 Å². The van der Waals surface area contributed by atoms with E-state index in [1.54, 1.807) is 0 Å². The van der Waals surface area contributed by atoms with E-state index in [0.29, 0.717) is 18.1 Å². The highest BCUT2D eigenvalue weighted by Gasteiger charge is 2.17. The van der Waals surface area contributed by atoms with Crippen LogP contribution in [0.15, 0.2) is 63.6 Å². The van der Waals surface area contributed by atoms with Gasteiger partial charge in [0.25, 0.3) is 0 Å². The molecule has 0 bridgehead atoms. The third-order valence-corrected chi connectivity index (χ3v) is 3.99. The number of hydrogen-bond acceptors (Lipinski definition) is 4. The first-order valence-corrected chi connectivity index (χ1v) is 7.40. The van der Waals surface area contributed by atoms with Crippen molar-refractivity contribution in [3.63, 3.8) is 0 Å². The summed E-state index contributed by atoms with van der Waals surface area (Å²) in [6, 6.07) is 17.3. The Morgan fingerprint density at radius 2 is 1.76 bits per heavy atom. The van der Waals surface area contributed by atoms with Gasteiger partial charge in [0.1, 0.15) is 6.04 Å². The fourth-order valence-corrected chi connectivity index (χ4v) is 2.51. The summed E-state index contributed by atoms with van der Waals surface area (Å²) in [5, 5.41) is 4.01. The molecule has 3 rings (SSSR count). The highest BCUT2D eigenvalue weighted by atomic mass is 79.9. The van der Waals surface area contributed by atoms with Crippen molar-refractivity contribution in [1.29, 1.82) is 0 Å². The van der Waals surface area contributed by atoms with Crippen LogP contribution in [0.1, 0.15) is 28.9 Å². The Labute approximate surface area is 131 Å². The lowest BCUT2D eigenvalue weighted by atomic mass is 10.1. The van der Waals surface area contributed by atoms with E-state index in [9.17, 15) is 0 Å². The van der Waals surface area contributed by atoms with Crippen LogP contribution < -0.4 is 5.73 Å². The summed E-state index contributed by atoms with van der Waals surface area (Å²) in [7, 11) is 0. The topological polar surface area (TPSA) is 64.9 Å². The largest absolute Gasteiger partial charge is 0.337 e. The molecule has 1 atom stereocenters. The van der Waals surface area contributed by atoms with Crippen molar-refractivity contribution in [2.24, 2.45) is 5.73 Å². The van der Waals surface area contributed by atoms with Gasteiger partial charge in [0.15, 0.2) is 5.82 Å². The zero-order valence-electron chi connectivity index (χ0n) is 11.2. The first-order valence-electron chi connectivity index (χ1n) is 6.60. The summed E-state index contributed by atoms with van der Waals surface area (Å²) in [6.07, 6.45) is 0.604. The van der Waals surface area contributed by atoms with Crippen molar-refractivity contribution in [1.82, 2.24) is 10.1 Å². The summed E-state index contributed by atoms with van der Waals surface area (Å²) in [4.78, 5) is 4.40. The fraction of sp³-hybridized carbons (Fsp3) is 0.125. The maximum Gasteiger partial charge on any atom is 0.248 e. The summed E-state index contributed by atoms with van der Waals surface area (Å²) in [5.41, 5.74) is 8.21. The van der Waals surface area contributed by atoms with Gasteiger partial charge in [-0.25, -0.2) is 0 Å². The van der Waals surface area contributed by atoms with Crippen LogP contribution in [0, 0.1) is 0 Å². The van der Waals surface area contributed by atoms with Crippen LogP contribution in [0.5, 0.6) is 0 Å². The predicted octanol–water partition coefficient (Wildman–Crippen LogP) is 3.47. The molecule has 0 spiro atoms. The molecule has 21 heavy (non-hydrogen) atoms. The minimum absolute atomic E-state index is 0.397. The van der Waals surface area contributed by atoms with E-state index in [1.807, 2.05) is 54.6 Å². The van der Waals surface area contributed by atoms with Crippen LogP contribution in [0.2, 0.25) is 0 Å². The first kappa shape index (κ1) is 14.0. The maximum atomic E-state index is 6.15. The van der Waals surface area contributed by atoms with Crippen molar-refractivity contribution < 1.29 is 4.52 Å². The Balaban J connectivity index is 1.79. The van der Waals surface area contributed by atoms with Crippen molar-refractivity contribution >= 4 is 15.9 Å². The molecule has 0 aliphatic carbocycles. The van der Waals surface area contributed by atoms with Crippen LogP contribution in [-0.2, 0) is 6.42 Å². The lowest BCUT2D eigenvalue weighted by Crippen LogP contribution is -2.12. The lowest BCUT2D eigenvalue weighted by Gasteiger charge is -2.05. The smallest absolute Gasteiger partial charge is 0.248 e. The molecule has 1 aromatic heterocycles. The zero-order chi connectivity index (χ0) is 14.7. The predicted molar refractivity (Wildman–Crippen MR) is 83.7 cm³/mol. The average molecular weight is 344 g/mol. The second-order valence-corrected chi connectivity index (χ2v) is 5.56. The van der Waals surface area contributed by atoms with Gasteiger partial charge in [-0.1, -0.05) is 69.6 Å². The van der Waals surface area contributed by atoms with Crippen LogP contribution in [0.4, 0.5) is 0 Å². The number of halogens is 1. The Kier molecular flexibility index (Phi) is 4.13. The Morgan fingerprint density at radius 3 is 2.52 bits per heavy atom. The lowest BCUT2D eigenvalue weighted by molar-refractivity contribution is 0.363. The Hall–Kier alpha value is -1.98. The van der Waals surface area contributed by atoms with Gasteiger partial charge in [-0.15, -0.1) is 0 Å². The van der Waals surface area contributed by atoms with Crippen molar-refractivity contribution in [2.45, 2.75) is 12.5 Å². The zero-order valence-corrected chi connectivity index (χ0v) is 12.8. The van der Waals surface area contributed by atoms with E-state index in [0.717, 1.165) is 15.6 Å². The van der Waals surface area contributed by atoms with E-state index >= 15 is 0 Å². The summed E-state index contributed by atoms with van der Waals surface area (Å²) in [6.45, 7) is 0. The van der Waals surface area contributed by atoms with Crippen LogP contribution in [-0.4, -0.2) is 10.1 Å². The Morgan fingerprint density at radius 1 is 1.05 bits per heavy atom. The minimum Gasteiger partial charge on any atom is -0.337 e. The first-order chi connectivity index (χ1) is 10.2. The van der Waals surface area contributed by atoms with E-state index in [-0.39, 0.29) is 0 Å². The molecule has 0 aliphatic heterocycles. The second-order valence-electron chi connectivity index (χ2n) is 4.71. The Bertz CT molecular complexity index is 727. The SMILES string of the molecule is NC(c1ccccc1)c1nc(Cc2ccccc2Br)no1. The summed E-state index contributed by atoms with van der Waals surface area (Å²) < 4.78 is 6.32. The quantitative estimate of drug-likeness (QED) is 0.787. The van der Waals surface area contributed by atoms with E-state index in [4.69, 9.17) is 10.3 Å². The molecule has 2 N–H and O–H groups in total. The average Bonchev–Trinajstić information content (AvgIpc) is 2.98. The molecule has 4 nitrogen and oxygen atoms in total. The number of nitrogens with zero attached hydrogens (tertiary/aromatic N) is 2. The van der Waals surface area contributed by atoms with Crippen molar-refractivity contribution in [3.05, 3.63) is 81.9 Å². The minimum atomic E-state index is -0.397. The van der Waals surface area contributed by atoms with Gasteiger partial charge in [0.05, 0.1) is 0 Å². The highest BCUT2D eigenvalue weighted by Crippen LogP contribution is 2.21. The number of rotatable bonds is 4. The molecule has 3 aromatic rings. The molecule has 0 fully saturated rings. The third kappa shape index (κ3) is 3.20. The van der Waals surface area contributed by atoms with E-state index < -0.39 is 6.04 Å². The molecule has 0 aliphatic rings. The van der Waals surface area contributed by atoms with Crippen molar-refractivity contribution in [2.75, 3.05) is 0 Å². The molecule has 106 valence electrons. The van der Waals surface area contributed by atoms with Gasteiger partial charge in [-0.2, -0.15) is 4.98 Å². The van der Waals surface area contributed by atoms with Gasteiger partial charge in [0, 0.05) is 10.9 Å². The van der Waals surface area contributed by atoms with Crippen LogP contribution in [0.3, 0.4) is 0 Å². The molecule has 0 saturated carbocycles. The number of benzene rings is 2. The van der Waals surface area contributed by atoms with Gasteiger partial charge < -0.3 is 10.3 Å². The molecule has 0 radical (unpaired) electrons. The number of hydrogen-bond donors (Lipinski definition) is 1. The molecule has 0 saturated heterocycles. The van der Waals surface area contributed by atoms with Gasteiger partial charge >= 0.3 is 0 Å². The monoisotopic (exact) mass is 343 g/mol. The standard InChI is InChI=1S/C16H14BrN3O/c17-13-9-5-4-8-12(13)10-14-19-16(21-20-14)15(18)11-6-2-1-3-7-11/h1-9,15H,10,18H2. The fourth-order valence-electron chi connectivity index (χ4n) is 2.08. The molecule has 2 aromatic carbocycles. The van der Waals surface area contributed by atoms with Crippen molar-refractivity contribution in [3.8, 4) is 0 Å². The molecular formula is C16H14BrN3O. The van der Waals surface area contributed by atoms with Gasteiger partial charge in [-0.3, -0.25) is 0 Å². The maximum absolute atomic E-state index is 6.15. The third-order valence-electron chi connectivity index (χ3n) is 3.21. The molecule has 5 heteroatoms. The van der Waals surface area contributed by atoms with Gasteiger partial charge in [0.2, 0.25) is 5.89 Å². The summed E-state index contributed by atoms with van der Waals surface area (Å²) >= 11 is 3.52. The molecule has 1 heterocycles. The van der Waals surface area contributed by atoms with Gasteiger partial charge in [-0.05, 0) is 17.2 Å². The molecule has 0 amide bonds.